The zero-order chi connectivity index (χ0) is 7.40. The quantitative estimate of drug-likeness (QED) is 0.570. The molecule has 0 aromatic heterocycles. The number of hydrogen-bond acceptors (Lipinski definition) is 3. The van der Waals surface area contributed by atoms with E-state index in [1.807, 2.05) is 0 Å². The van der Waals surface area contributed by atoms with Gasteiger partial charge >= 0.3 is 0 Å². The minimum atomic E-state index is 0.556. The Balaban J connectivity index is 2.45. The van der Waals surface area contributed by atoms with E-state index in [-0.39, 0.29) is 0 Å². The Hall–Kier alpha value is -1.08. The lowest BCUT2D eigenvalue weighted by Crippen LogP contribution is -2.05. The maximum absolute atomic E-state index is 4.82. The molecule has 0 radical (unpaired) electrons. The van der Waals surface area contributed by atoms with Crippen LogP contribution in [0.15, 0.2) is 16.3 Å². The number of hydrogen-bond donors (Lipinski definition) is 0. The van der Waals surface area contributed by atoms with Gasteiger partial charge in [-0.1, -0.05) is 13.8 Å². The van der Waals surface area contributed by atoms with Gasteiger partial charge in [-0.2, -0.15) is 0 Å². The van der Waals surface area contributed by atoms with Gasteiger partial charge in [0.1, 0.15) is 0 Å². The second kappa shape index (κ2) is 3.18. The highest BCUT2D eigenvalue weighted by Crippen LogP contribution is 2.04. The van der Waals surface area contributed by atoms with Gasteiger partial charge in [0.2, 0.25) is 5.90 Å². The Morgan fingerprint density at radius 3 is 3.00 bits per heavy atom. The topological polar surface area (TPSA) is 34.0 Å². The summed E-state index contributed by atoms with van der Waals surface area (Å²) in [7, 11) is 0. The van der Waals surface area contributed by atoms with Crippen molar-refractivity contribution < 1.29 is 4.84 Å². The predicted molar refractivity (Wildman–Crippen MR) is 40.0 cm³/mol. The first-order chi connectivity index (χ1) is 4.79. The summed E-state index contributed by atoms with van der Waals surface area (Å²) in [6.45, 7) is 4.21. The molecule has 0 saturated heterocycles. The van der Waals surface area contributed by atoms with Crippen molar-refractivity contribution >= 4 is 11.8 Å². The SMILES string of the molecule is CC(C)CC1=NC=C=NO1. The molecule has 0 fully saturated rings. The molecule has 1 aliphatic rings. The molecule has 0 spiro atoms. The molecule has 1 rings (SSSR count). The third kappa shape index (κ3) is 2.03. The average Bonchev–Trinajstić information content (AvgIpc) is 1.88. The van der Waals surface area contributed by atoms with Crippen LogP contribution in [0.1, 0.15) is 20.3 Å². The van der Waals surface area contributed by atoms with Crippen molar-refractivity contribution in [3.8, 4) is 0 Å². The summed E-state index contributed by atoms with van der Waals surface area (Å²) in [5.41, 5.74) is 0. The van der Waals surface area contributed by atoms with E-state index >= 15 is 0 Å². The van der Waals surface area contributed by atoms with Crippen LogP contribution in [-0.4, -0.2) is 11.8 Å². The maximum Gasteiger partial charge on any atom is 0.226 e. The van der Waals surface area contributed by atoms with E-state index in [1.165, 1.54) is 6.20 Å². The maximum atomic E-state index is 4.82. The van der Waals surface area contributed by atoms with Crippen LogP contribution in [0.3, 0.4) is 0 Å². The van der Waals surface area contributed by atoms with E-state index in [9.17, 15) is 0 Å². The van der Waals surface area contributed by atoms with Crippen molar-refractivity contribution in [2.45, 2.75) is 20.3 Å². The van der Waals surface area contributed by atoms with Crippen LogP contribution < -0.4 is 0 Å². The molecule has 1 heterocycles. The standard InChI is InChI=1S/C7H10N2O/c1-6(2)5-7-8-3-4-9-10-7/h3,6H,5H2,1-2H3. The average molecular weight is 138 g/mol. The molecule has 54 valence electrons. The van der Waals surface area contributed by atoms with Crippen LogP contribution in [0.4, 0.5) is 0 Å². The van der Waals surface area contributed by atoms with Gasteiger partial charge in [0.05, 0.1) is 6.20 Å². The third-order valence-electron chi connectivity index (χ3n) is 1.05. The number of aliphatic imine (C=N–C) groups is 1. The third-order valence-corrected chi connectivity index (χ3v) is 1.05. The smallest absolute Gasteiger partial charge is 0.226 e. The first kappa shape index (κ1) is 7.03. The molecule has 0 bridgehead atoms. The zero-order valence-electron chi connectivity index (χ0n) is 6.16. The van der Waals surface area contributed by atoms with E-state index in [1.54, 1.807) is 0 Å². The Morgan fingerprint density at radius 1 is 1.70 bits per heavy atom. The lowest BCUT2D eigenvalue weighted by atomic mass is 10.1. The molecule has 0 N–H and O–H groups in total. The molecule has 0 unspecified atom stereocenters. The van der Waals surface area contributed by atoms with Crippen LogP contribution in [0.2, 0.25) is 0 Å². The predicted octanol–water partition coefficient (Wildman–Crippen LogP) is 1.56. The van der Waals surface area contributed by atoms with Gasteiger partial charge < -0.3 is 4.84 Å². The minimum absolute atomic E-state index is 0.556. The van der Waals surface area contributed by atoms with Gasteiger partial charge in [-0.3, -0.25) is 0 Å². The van der Waals surface area contributed by atoms with Crippen molar-refractivity contribution in [3.63, 3.8) is 0 Å². The normalized spacial score (nSPS) is 15.3. The van der Waals surface area contributed by atoms with Gasteiger partial charge in [-0.05, 0) is 11.1 Å². The fraction of sp³-hybridized carbons (Fsp3) is 0.571. The first-order valence-electron chi connectivity index (χ1n) is 3.30. The fourth-order valence-electron chi connectivity index (χ4n) is 0.666. The second-order valence-electron chi connectivity index (χ2n) is 2.56. The molecule has 0 aliphatic carbocycles. The van der Waals surface area contributed by atoms with E-state index in [0.29, 0.717) is 11.8 Å². The molecule has 3 nitrogen and oxygen atoms in total. The van der Waals surface area contributed by atoms with Crippen molar-refractivity contribution in [2.75, 3.05) is 0 Å². The molecular formula is C7H10N2O. The summed E-state index contributed by atoms with van der Waals surface area (Å²) < 4.78 is 0. The van der Waals surface area contributed by atoms with E-state index in [4.69, 9.17) is 4.84 Å². The minimum Gasteiger partial charge on any atom is -0.333 e. The van der Waals surface area contributed by atoms with Crippen molar-refractivity contribution in [2.24, 2.45) is 16.1 Å². The molecule has 0 aromatic carbocycles. The Bertz CT molecular complexity index is 200. The van der Waals surface area contributed by atoms with Crippen molar-refractivity contribution in [3.05, 3.63) is 6.20 Å². The summed E-state index contributed by atoms with van der Waals surface area (Å²) in [4.78, 5) is 8.76. The van der Waals surface area contributed by atoms with Gasteiger partial charge in [0.15, 0.2) is 0 Å². The van der Waals surface area contributed by atoms with Gasteiger partial charge in [-0.25, -0.2) is 4.99 Å². The molecule has 0 amide bonds. The largest absolute Gasteiger partial charge is 0.333 e. The summed E-state index contributed by atoms with van der Waals surface area (Å²) in [5, 5.41) is 3.48. The Labute approximate surface area is 60.1 Å². The molecule has 10 heavy (non-hydrogen) atoms. The molecule has 0 saturated carbocycles. The lowest BCUT2D eigenvalue weighted by molar-refractivity contribution is 0.312. The monoisotopic (exact) mass is 138 g/mol. The van der Waals surface area contributed by atoms with Gasteiger partial charge in [0, 0.05) is 12.3 Å². The second-order valence-corrected chi connectivity index (χ2v) is 2.56. The zero-order valence-corrected chi connectivity index (χ0v) is 6.16. The molecule has 3 heteroatoms. The van der Waals surface area contributed by atoms with Crippen LogP contribution in [0.25, 0.3) is 0 Å². The summed E-state index contributed by atoms with van der Waals surface area (Å²) in [5.74, 6) is 3.71. The lowest BCUT2D eigenvalue weighted by Gasteiger charge is -2.04. The summed E-state index contributed by atoms with van der Waals surface area (Å²) >= 11 is 0. The highest BCUT2D eigenvalue weighted by Gasteiger charge is 2.04. The summed E-state index contributed by atoms with van der Waals surface area (Å²) in [6.07, 6.45) is 2.35. The Morgan fingerprint density at radius 2 is 2.50 bits per heavy atom. The fourth-order valence-corrected chi connectivity index (χ4v) is 0.666. The Kier molecular flexibility index (Phi) is 2.24. The number of rotatable bonds is 2. The van der Waals surface area contributed by atoms with Crippen LogP contribution in [0.5, 0.6) is 0 Å². The molecule has 1 aliphatic heterocycles. The van der Waals surface area contributed by atoms with Crippen molar-refractivity contribution in [1.29, 1.82) is 0 Å². The van der Waals surface area contributed by atoms with Gasteiger partial charge in [0.25, 0.3) is 0 Å². The highest BCUT2D eigenvalue weighted by atomic mass is 16.6. The summed E-state index contributed by atoms with van der Waals surface area (Å²) in [6, 6.07) is 0. The van der Waals surface area contributed by atoms with Crippen molar-refractivity contribution in [1.82, 2.24) is 0 Å². The molecule has 0 atom stereocenters. The van der Waals surface area contributed by atoms with Gasteiger partial charge in [-0.15, -0.1) is 0 Å². The van der Waals surface area contributed by atoms with Crippen LogP contribution >= 0.6 is 0 Å². The highest BCUT2D eigenvalue weighted by molar-refractivity contribution is 5.79. The molecule has 0 aromatic rings. The van der Waals surface area contributed by atoms with E-state index in [0.717, 1.165) is 6.42 Å². The van der Waals surface area contributed by atoms with Crippen LogP contribution in [-0.2, 0) is 4.84 Å². The van der Waals surface area contributed by atoms with Crippen LogP contribution in [0, 0.1) is 5.92 Å². The van der Waals surface area contributed by atoms with E-state index in [2.05, 4.69) is 29.9 Å². The molecular weight excluding hydrogens is 128 g/mol. The van der Waals surface area contributed by atoms with E-state index < -0.39 is 0 Å². The first-order valence-corrected chi connectivity index (χ1v) is 3.30. The number of nitrogens with zero attached hydrogens (tertiary/aromatic N) is 2.